The Morgan fingerprint density at radius 3 is 2.52 bits per heavy atom. The first kappa shape index (κ1) is 14.8. The van der Waals surface area contributed by atoms with Crippen molar-refractivity contribution in [3.8, 4) is 23.0 Å². The van der Waals surface area contributed by atoms with E-state index in [-0.39, 0.29) is 24.3 Å². The molecule has 0 atom stereocenters. The molecule has 2 N–H and O–H groups in total. The van der Waals surface area contributed by atoms with Crippen molar-refractivity contribution in [1.29, 1.82) is 0 Å². The van der Waals surface area contributed by atoms with Crippen LogP contribution in [0.15, 0.2) is 46.9 Å². The first-order valence-electron chi connectivity index (χ1n) is 6.80. The molecule has 0 unspecified atom stereocenters. The molecule has 0 aliphatic heterocycles. The average Bonchev–Trinajstić information content (AvgIpc) is 3.00. The molecule has 23 heavy (non-hydrogen) atoms. The fourth-order valence-electron chi connectivity index (χ4n) is 2.02. The number of rotatable bonds is 5. The number of methoxy groups -OCH3 is 1. The Bertz CT molecular complexity index is 803. The minimum atomic E-state index is -0.290. The number of nitrogens with two attached hydrogens (primary N) is 1. The molecule has 1 heterocycles. The topological polar surface area (TPSA) is 83.4 Å². The highest BCUT2D eigenvalue weighted by Gasteiger charge is 2.12. The van der Waals surface area contributed by atoms with Crippen molar-refractivity contribution < 1.29 is 18.3 Å². The number of nitrogens with zero attached hydrogens (tertiary/aromatic N) is 2. The monoisotopic (exact) mass is 315 g/mol. The molecule has 0 radical (unpaired) electrons. The van der Waals surface area contributed by atoms with Crippen LogP contribution in [0, 0.1) is 5.82 Å². The predicted octanol–water partition coefficient (Wildman–Crippen LogP) is 3.05. The number of anilines is 1. The van der Waals surface area contributed by atoms with Crippen molar-refractivity contribution in [1.82, 2.24) is 10.2 Å². The standard InChI is InChI=1S/C16H14FN3O3/c1-21-13-7-4-11(15-19-20-16(18)23-15)8-14(13)22-9-10-2-5-12(17)6-3-10/h2-8H,9H2,1H3,(H2,18,20). The Kier molecular flexibility index (Phi) is 4.09. The number of nitrogen functional groups attached to an aromatic ring is 1. The number of aromatic nitrogens is 2. The van der Waals surface area contributed by atoms with Crippen LogP contribution >= 0.6 is 0 Å². The van der Waals surface area contributed by atoms with Gasteiger partial charge in [0.1, 0.15) is 12.4 Å². The number of benzene rings is 2. The van der Waals surface area contributed by atoms with Gasteiger partial charge in [-0.15, -0.1) is 5.10 Å². The summed E-state index contributed by atoms with van der Waals surface area (Å²) in [6.45, 7) is 0.270. The van der Waals surface area contributed by atoms with Crippen molar-refractivity contribution in [2.24, 2.45) is 0 Å². The van der Waals surface area contributed by atoms with Crippen molar-refractivity contribution in [2.45, 2.75) is 6.61 Å². The summed E-state index contributed by atoms with van der Waals surface area (Å²) < 4.78 is 29.1. The van der Waals surface area contributed by atoms with Crippen molar-refractivity contribution in [3.63, 3.8) is 0 Å². The molecule has 0 amide bonds. The van der Waals surface area contributed by atoms with Crippen LogP contribution in [0.3, 0.4) is 0 Å². The molecule has 3 aromatic rings. The van der Waals surface area contributed by atoms with E-state index in [0.717, 1.165) is 5.56 Å². The maximum Gasteiger partial charge on any atom is 0.313 e. The van der Waals surface area contributed by atoms with Crippen LogP contribution in [-0.4, -0.2) is 17.3 Å². The van der Waals surface area contributed by atoms with Crippen molar-refractivity contribution in [2.75, 3.05) is 12.8 Å². The maximum absolute atomic E-state index is 12.9. The van der Waals surface area contributed by atoms with Crippen LogP contribution in [-0.2, 0) is 6.61 Å². The quantitative estimate of drug-likeness (QED) is 0.779. The number of hydrogen-bond acceptors (Lipinski definition) is 6. The van der Waals surface area contributed by atoms with E-state index in [1.165, 1.54) is 12.1 Å². The fourth-order valence-corrected chi connectivity index (χ4v) is 2.02. The third-order valence-electron chi connectivity index (χ3n) is 3.16. The molecular formula is C16H14FN3O3. The van der Waals surface area contributed by atoms with Gasteiger partial charge < -0.3 is 19.6 Å². The first-order chi connectivity index (χ1) is 11.2. The summed E-state index contributed by atoms with van der Waals surface area (Å²) in [5.41, 5.74) is 6.92. The molecule has 118 valence electrons. The van der Waals surface area contributed by atoms with Gasteiger partial charge in [-0.2, -0.15) is 0 Å². The Morgan fingerprint density at radius 1 is 1.09 bits per heavy atom. The lowest BCUT2D eigenvalue weighted by Crippen LogP contribution is -1.98. The smallest absolute Gasteiger partial charge is 0.313 e. The summed E-state index contributed by atoms with van der Waals surface area (Å²) >= 11 is 0. The molecule has 7 heteroatoms. The van der Waals surface area contributed by atoms with Gasteiger partial charge in [-0.3, -0.25) is 0 Å². The van der Waals surface area contributed by atoms with Gasteiger partial charge in [-0.1, -0.05) is 17.2 Å². The van der Waals surface area contributed by atoms with E-state index in [9.17, 15) is 4.39 Å². The van der Waals surface area contributed by atoms with Crippen LogP contribution in [0.5, 0.6) is 11.5 Å². The Hall–Kier alpha value is -3.09. The molecule has 1 aromatic heterocycles. The number of hydrogen-bond donors (Lipinski definition) is 1. The summed E-state index contributed by atoms with van der Waals surface area (Å²) in [5.74, 6) is 1.06. The van der Waals surface area contributed by atoms with Crippen LogP contribution in [0.4, 0.5) is 10.4 Å². The maximum atomic E-state index is 12.9. The summed E-state index contributed by atoms with van der Waals surface area (Å²) in [5, 5.41) is 7.45. The zero-order valence-electron chi connectivity index (χ0n) is 12.3. The van der Waals surface area contributed by atoms with Gasteiger partial charge in [0.15, 0.2) is 11.5 Å². The Morgan fingerprint density at radius 2 is 1.87 bits per heavy atom. The van der Waals surface area contributed by atoms with Crippen LogP contribution in [0.25, 0.3) is 11.5 Å². The van der Waals surface area contributed by atoms with Gasteiger partial charge >= 0.3 is 6.01 Å². The molecule has 0 saturated carbocycles. The van der Waals surface area contributed by atoms with E-state index in [2.05, 4.69) is 10.2 Å². The minimum absolute atomic E-state index is 0.00963. The van der Waals surface area contributed by atoms with Gasteiger partial charge in [0.25, 0.3) is 0 Å². The molecule has 0 aliphatic rings. The fraction of sp³-hybridized carbons (Fsp3) is 0.125. The Balaban J connectivity index is 1.83. The molecular weight excluding hydrogens is 301 g/mol. The van der Waals surface area contributed by atoms with Gasteiger partial charge in [0.05, 0.1) is 7.11 Å². The summed E-state index contributed by atoms with van der Waals surface area (Å²) in [6.07, 6.45) is 0. The molecule has 3 rings (SSSR count). The second-order valence-electron chi connectivity index (χ2n) is 4.73. The van der Waals surface area contributed by atoms with E-state index in [1.54, 1.807) is 37.4 Å². The van der Waals surface area contributed by atoms with Gasteiger partial charge in [0.2, 0.25) is 5.89 Å². The number of ether oxygens (including phenoxy) is 2. The predicted molar refractivity (Wildman–Crippen MR) is 81.4 cm³/mol. The zero-order chi connectivity index (χ0) is 16.2. The van der Waals surface area contributed by atoms with Gasteiger partial charge in [-0.05, 0) is 35.9 Å². The van der Waals surface area contributed by atoms with Crippen LogP contribution in [0.1, 0.15) is 5.56 Å². The second kappa shape index (κ2) is 6.35. The molecule has 6 nitrogen and oxygen atoms in total. The van der Waals surface area contributed by atoms with E-state index < -0.39 is 0 Å². The molecule has 0 aliphatic carbocycles. The molecule has 0 saturated heterocycles. The average molecular weight is 315 g/mol. The zero-order valence-corrected chi connectivity index (χ0v) is 12.3. The summed E-state index contributed by atoms with van der Waals surface area (Å²) in [4.78, 5) is 0. The third kappa shape index (κ3) is 3.39. The lowest BCUT2D eigenvalue weighted by Gasteiger charge is -2.11. The van der Waals surface area contributed by atoms with Crippen LogP contribution < -0.4 is 15.2 Å². The molecule has 0 bridgehead atoms. The SMILES string of the molecule is COc1ccc(-c2nnc(N)o2)cc1OCc1ccc(F)cc1. The highest BCUT2D eigenvalue weighted by Crippen LogP contribution is 2.32. The van der Waals surface area contributed by atoms with Gasteiger partial charge in [0, 0.05) is 5.56 Å². The molecule has 2 aromatic carbocycles. The largest absolute Gasteiger partial charge is 0.493 e. The van der Waals surface area contributed by atoms with E-state index >= 15 is 0 Å². The highest BCUT2D eigenvalue weighted by atomic mass is 19.1. The lowest BCUT2D eigenvalue weighted by molar-refractivity contribution is 0.284. The van der Waals surface area contributed by atoms with Crippen LogP contribution in [0.2, 0.25) is 0 Å². The third-order valence-corrected chi connectivity index (χ3v) is 3.16. The molecule has 0 spiro atoms. The summed E-state index contributed by atoms with van der Waals surface area (Å²) in [7, 11) is 1.55. The second-order valence-corrected chi connectivity index (χ2v) is 4.73. The minimum Gasteiger partial charge on any atom is -0.493 e. The van der Waals surface area contributed by atoms with E-state index in [0.29, 0.717) is 17.1 Å². The summed E-state index contributed by atoms with van der Waals surface area (Å²) in [6, 6.07) is 11.3. The van der Waals surface area contributed by atoms with E-state index in [1.807, 2.05) is 0 Å². The van der Waals surface area contributed by atoms with Gasteiger partial charge in [-0.25, -0.2) is 4.39 Å². The first-order valence-corrected chi connectivity index (χ1v) is 6.80. The van der Waals surface area contributed by atoms with Crippen molar-refractivity contribution in [3.05, 3.63) is 53.8 Å². The number of halogens is 1. The van der Waals surface area contributed by atoms with Crippen molar-refractivity contribution >= 4 is 6.01 Å². The normalized spacial score (nSPS) is 10.5. The highest BCUT2D eigenvalue weighted by molar-refractivity contribution is 5.60. The van der Waals surface area contributed by atoms with E-state index in [4.69, 9.17) is 19.6 Å². The Labute approximate surface area is 131 Å². The molecule has 0 fully saturated rings. The lowest BCUT2D eigenvalue weighted by atomic mass is 10.2.